The van der Waals surface area contributed by atoms with Crippen LogP contribution in [0.4, 0.5) is 0 Å². The molecule has 2 rings (SSSR count). The fourth-order valence-electron chi connectivity index (χ4n) is 1.65. The summed E-state index contributed by atoms with van der Waals surface area (Å²) in [6.45, 7) is 1.56. The first-order chi connectivity index (χ1) is 8.22. The van der Waals surface area contributed by atoms with Gasteiger partial charge >= 0.3 is 0 Å². The van der Waals surface area contributed by atoms with E-state index in [1.165, 1.54) is 0 Å². The van der Waals surface area contributed by atoms with Crippen molar-refractivity contribution < 1.29 is 14.3 Å². The Morgan fingerprint density at radius 3 is 2.94 bits per heavy atom. The van der Waals surface area contributed by atoms with Crippen molar-refractivity contribution in [3.05, 3.63) is 22.2 Å². The molecule has 1 aliphatic heterocycles. The van der Waals surface area contributed by atoms with Crippen LogP contribution in [-0.4, -0.2) is 32.6 Å². The number of halogens is 1. The van der Waals surface area contributed by atoms with Gasteiger partial charge in [-0.05, 0) is 35.1 Å². The Labute approximate surface area is 108 Å². The van der Waals surface area contributed by atoms with Crippen molar-refractivity contribution in [2.45, 2.75) is 6.42 Å². The molecule has 92 valence electrons. The summed E-state index contributed by atoms with van der Waals surface area (Å²) < 4.78 is 11.9. The molecule has 0 amide bonds. The minimum absolute atomic E-state index is 0.0313. The number of ketones is 1. The topological polar surface area (TPSA) is 47.6 Å². The lowest BCUT2D eigenvalue weighted by atomic mass is 10.1. The monoisotopic (exact) mass is 299 g/mol. The molecule has 4 nitrogen and oxygen atoms in total. The molecule has 17 heavy (non-hydrogen) atoms. The SMILES string of the molecule is CNCC(=O)c1cc(Br)c2c(c1)OCCCO2. The minimum atomic E-state index is 0.0313. The molecule has 1 aliphatic rings. The van der Waals surface area contributed by atoms with Crippen LogP contribution in [0.3, 0.4) is 0 Å². The van der Waals surface area contributed by atoms with E-state index in [1.54, 1.807) is 19.2 Å². The number of fused-ring (bicyclic) bond motifs is 1. The van der Waals surface area contributed by atoms with E-state index in [0.29, 0.717) is 36.8 Å². The predicted octanol–water partition coefficient (Wildman–Crippen LogP) is 2.01. The molecule has 1 aromatic carbocycles. The van der Waals surface area contributed by atoms with Crippen molar-refractivity contribution in [2.24, 2.45) is 0 Å². The molecule has 0 saturated carbocycles. The maximum absolute atomic E-state index is 11.8. The smallest absolute Gasteiger partial charge is 0.176 e. The lowest BCUT2D eigenvalue weighted by Gasteiger charge is -2.11. The number of nitrogens with one attached hydrogen (secondary N) is 1. The van der Waals surface area contributed by atoms with E-state index in [-0.39, 0.29) is 5.78 Å². The van der Waals surface area contributed by atoms with Crippen LogP contribution in [0, 0.1) is 0 Å². The number of Topliss-reactive ketones (excluding diaryl/α,β-unsaturated/α-hetero) is 1. The van der Waals surface area contributed by atoms with E-state index in [9.17, 15) is 4.79 Å². The summed E-state index contributed by atoms with van der Waals surface area (Å²) >= 11 is 3.41. The number of ether oxygens (including phenoxy) is 2. The van der Waals surface area contributed by atoms with E-state index in [1.807, 2.05) is 0 Å². The van der Waals surface area contributed by atoms with E-state index >= 15 is 0 Å². The molecule has 0 spiro atoms. The van der Waals surface area contributed by atoms with E-state index in [0.717, 1.165) is 10.9 Å². The zero-order valence-electron chi connectivity index (χ0n) is 9.59. The Hall–Kier alpha value is -1.07. The molecule has 0 radical (unpaired) electrons. The van der Waals surface area contributed by atoms with Gasteiger partial charge in [-0.1, -0.05) is 0 Å². The van der Waals surface area contributed by atoms with Gasteiger partial charge in [0.1, 0.15) is 0 Å². The van der Waals surface area contributed by atoms with Gasteiger partial charge in [-0.2, -0.15) is 0 Å². The zero-order chi connectivity index (χ0) is 12.3. The summed E-state index contributed by atoms with van der Waals surface area (Å²) in [6, 6.07) is 3.51. The average molecular weight is 300 g/mol. The fraction of sp³-hybridized carbons (Fsp3) is 0.417. The highest BCUT2D eigenvalue weighted by Crippen LogP contribution is 2.38. The first-order valence-corrected chi connectivity index (χ1v) is 6.28. The van der Waals surface area contributed by atoms with Crippen LogP contribution in [0.2, 0.25) is 0 Å². The molecule has 0 unspecified atom stereocenters. The quantitative estimate of drug-likeness (QED) is 0.868. The summed E-state index contributed by atoms with van der Waals surface area (Å²) in [7, 11) is 1.75. The molecule has 0 saturated heterocycles. The van der Waals surface area contributed by atoms with Crippen molar-refractivity contribution in [2.75, 3.05) is 26.8 Å². The highest BCUT2D eigenvalue weighted by Gasteiger charge is 2.17. The van der Waals surface area contributed by atoms with Crippen LogP contribution in [0.15, 0.2) is 16.6 Å². The van der Waals surface area contributed by atoms with Crippen LogP contribution < -0.4 is 14.8 Å². The van der Waals surface area contributed by atoms with Gasteiger partial charge in [0.25, 0.3) is 0 Å². The maximum atomic E-state index is 11.8. The molecule has 1 aromatic rings. The molecular formula is C12H14BrNO3. The van der Waals surface area contributed by atoms with Gasteiger partial charge in [-0.3, -0.25) is 4.79 Å². The molecule has 1 heterocycles. The third-order valence-corrected chi connectivity index (χ3v) is 3.05. The number of carbonyl (C=O) groups excluding carboxylic acids is 1. The van der Waals surface area contributed by atoms with Crippen LogP contribution in [0.1, 0.15) is 16.8 Å². The Bertz CT molecular complexity index is 434. The van der Waals surface area contributed by atoms with Gasteiger partial charge in [-0.15, -0.1) is 0 Å². The standard InChI is InChI=1S/C12H14BrNO3/c1-14-7-10(15)8-5-9(13)12-11(6-8)16-3-2-4-17-12/h5-6,14H,2-4,7H2,1H3. The molecule has 0 fully saturated rings. The van der Waals surface area contributed by atoms with Gasteiger partial charge in [-0.25, -0.2) is 0 Å². The average Bonchev–Trinajstić information content (AvgIpc) is 2.54. The number of carbonyl (C=O) groups is 1. The summed E-state index contributed by atoms with van der Waals surface area (Å²) in [5.41, 5.74) is 0.621. The van der Waals surface area contributed by atoms with Crippen molar-refractivity contribution >= 4 is 21.7 Å². The highest BCUT2D eigenvalue weighted by molar-refractivity contribution is 9.10. The Kier molecular flexibility index (Phi) is 4.02. The Morgan fingerprint density at radius 2 is 2.18 bits per heavy atom. The first kappa shape index (κ1) is 12.4. The minimum Gasteiger partial charge on any atom is -0.489 e. The van der Waals surface area contributed by atoms with Crippen molar-refractivity contribution in [3.63, 3.8) is 0 Å². The van der Waals surface area contributed by atoms with Crippen LogP contribution in [-0.2, 0) is 0 Å². The molecular weight excluding hydrogens is 286 g/mol. The maximum Gasteiger partial charge on any atom is 0.176 e. The van der Waals surface area contributed by atoms with Crippen molar-refractivity contribution in [1.82, 2.24) is 5.32 Å². The lowest BCUT2D eigenvalue weighted by molar-refractivity contribution is 0.0993. The number of hydrogen-bond donors (Lipinski definition) is 1. The van der Waals surface area contributed by atoms with Gasteiger partial charge in [0, 0.05) is 12.0 Å². The summed E-state index contributed by atoms with van der Waals surface area (Å²) in [5.74, 6) is 1.35. The highest BCUT2D eigenvalue weighted by atomic mass is 79.9. The molecule has 0 atom stereocenters. The summed E-state index contributed by atoms with van der Waals surface area (Å²) in [5, 5.41) is 2.84. The first-order valence-electron chi connectivity index (χ1n) is 5.49. The van der Waals surface area contributed by atoms with Gasteiger partial charge < -0.3 is 14.8 Å². The van der Waals surface area contributed by atoms with Crippen molar-refractivity contribution in [1.29, 1.82) is 0 Å². The molecule has 0 aliphatic carbocycles. The molecule has 0 bridgehead atoms. The van der Waals surface area contributed by atoms with E-state index < -0.39 is 0 Å². The number of benzene rings is 1. The largest absolute Gasteiger partial charge is 0.489 e. The fourth-order valence-corrected chi connectivity index (χ4v) is 2.21. The van der Waals surface area contributed by atoms with Crippen molar-refractivity contribution in [3.8, 4) is 11.5 Å². The normalized spacial score (nSPS) is 14.2. The second-order valence-electron chi connectivity index (χ2n) is 3.79. The summed E-state index contributed by atoms with van der Waals surface area (Å²) in [6.07, 6.45) is 0.848. The summed E-state index contributed by atoms with van der Waals surface area (Å²) in [4.78, 5) is 11.8. The van der Waals surface area contributed by atoms with Gasteiger partial charge in [0.15, 0.2) is 17.3 Å². The molecule has 0 aromatic heterocycles. The van der Waals surface area contributed by atoms with E-state index in [4.69, 9.17) is 9.47 Å². The second kappa shape index (κ2) is 5.51. The number of hydrogen-bond acceptors (Lipinski definition) is 4. The van der Waals surface area contributed by atoms with Gasteiger partial charge in [0.05, 0.1) is 24.2 Å². The van der Waals surface area contributed by atoms with Crippen LogP contribution >= 0.6 is 15.9 Å². The predicted molar refractivity (Wildman–Crippen MR) is 68.0 cm³/mol. The third-order valence-electron chi connectivity index (χ3n) is 2.46. The Balaban J connectivity index is 2.35. The molecule has 5 heteroatoms. The lowest BCUT2D eigenvalue weighted by Crippen LogP contribution is -2.18. The van der Waals surface area contributed by atoms with Crippen LogP contribution in [0.25, 0.3) is 0 Å². The zero-order valence-corrected chi connectivity index (χ0v) is 11.2. The van der Waals surface area contributed by atoms with Crippen LogP contribution in [0.5, 0.6) is 11.5 Å². The Morgan fingerprint density at radius 1 is 1.41 bits per heavy atom. The van der Waals surface area contributed by atoms with Gasteiger partial charge in [0.2, 0.25) is 0 Å². The third kappa shape index (κ3) is 2.79. The molecule has 1 N–H and O–H groups in total. The number of likely N-dealkylation sites (N-methyl/N-ethyl adjacent to an activating group) is 1. The second-order valence-corrected chi connectivity index (χ2v) is 4.64. The van der Waals surface area contributed by atoms with E-state index in [2.05, 4.69) is 21.2 Å². The number of rotatable bonds is 3.